The lowest BCUT2D eigenvalue weighted by Gasteiger charge is -2.12. The first-order valence-corrected chi connectivity index (χ1v) is 4.49. The summed E-state index contributed by atoms with van der Waals surface area (Å²) in [5, 5.41) is 0.0782. The Morgan fingerprint density at radius 3 is 2.47 bits per heavy atom. The van der Waals surface area contributed by atoms with Crippen LogP contribution in [0.15, 0.2) is 18.2 Å². The van der Waals surface area contributed by atoms with Gasteiger partial charge in [-0.15, -0.1) is 0 Å². The van der Waals surface area contributed by atoms with Gasteiger partial charge in [-0.2, -0.15) is 0 Å². The second-order valence-corrected chi connectivity index (χ2v) is 3.54. The summed E-state index contributed by atoms with van der Waals surface area (Å²) in [5.74, 6) is -3.73. The number of halogens is 3. The topological polar surface area (TPSA) is 26.3 Å². The second kappa shape index (κ2) is 4.14. The minimum atomic E-state index is -3.03. The Balaban J connectivity index is 3.23. The highest BCUT2D eigenvalue weighted by atomic mass is 35.5. The van der Waals surface area contributed by atoms with E-state index >= 15 is 0 Å². The first kappa shape index (κ1) is 11.9. The zero-order valence-corrected chi connectivity index (χ0v) is 8.94. The Kier molecular flexibility index (Phi) is 3.29. The molecular formula is C10H9ClF2O2. The normalized spacial score (nSPS) is 11.3. The first-order chi connectivity index (χ1) is 6.84. The SMILES string of the molecule is COC(=O)c1cc(Cl)cc(C(C)(F)F)c1. The molecule has 0 unspecified atom stereocenters. The van der Waals surface area contributed by atoms with Crippen molar-refractivity contribution in [2.24, 2.45) is 0 Å². The second-order valence-electron chi connectivity index (χ2n) is 3.11. The molecule has 0 spiro atoms. The number of carbonyl (C=O) groups is 1. The largest absolute Gasteiger partial charge is 0.465 e. The maximum absolute atomic E-state index is 13.0. The maximum atomic E-state index is 13.0. The van der Waals surface area contributed by atoms with Gasteiger partial charge in [-0.1, -0.05) is 11.6 Å². The lowest BCUT2D eigenvalue weighted by Crippen LogP contribution is -2.09. The first-order valence-electron chi connectivity index (χ1n) is 4.12. The number of carbonyl (C=O) groups excluding carboxylic acids is 1. The molecule has 0 aliphatic carbocycles. The number of methoxy groups -OCH3 is 1. The molecule has 5 heteroatoms. The van der Waals surface area contributed by atoms with Gasteiger partial charge in [0.25, 0.3) is 5.92 Å². The molecule has 15 heavy (non-hydrogen) atoms. The minimum Gasteiger partial charge on any atom is -0.465 e. The summed E-state index contributed by atoms with van der Waals surface area (Å²) >= 11 is 5.62. The van der Waals surface area contributed by atoms with Crippen LogP contribution in [0.5, 0.6) is 0 Å². The van der Waals surface area contributed by atoms with Crippen molar-refractivity contribution < 1.29 is 18.3 Å². The van der Waals surface area contributed by atoms with E-state index in [0.29, 0.717) is 0 Å². The van der Waals surface area contributed by atoms with Crippen molar-refractivity contribution in [2.75, 3.05) is 7.11 Å². The molecule has 0 bridgehead atoms. The summed E-state index contributed by atoms with van der Waals surface area (Å²) in [5.41, 5.74) is -0.295. The number of esters is 1. The van der Waals surface area contributed by atoms with E-state index in [2.05, 4.69) is 4.74 Å². The molecule has 0 aliphatic rings. The molecule has 2 nitrogen and oxygen atoms in total. The predicted octanol–water partition coefficient (Wildman–Crippen LogP) is 3.24. The minimum absolute atomic E-state index is 0.0153. The highest BCUT2D eigenvalue weighted by molar-refractivity contribution is 6.31. The molecule has 0 saturated heterocycles. The third-order valence-corrected chi connectivity index (χ3v) is 2.04. The van der Waals surface area contributed by atoms with Crippen molar-refractivity contribution >= 4 is 17.6 Å². The van der Waals surface area contributed by atoms with E-state index in [0.717, 1.165) is 19.1 Å². The number of hydrogen-bond acceptors (Lipinski definition) is 2. The zero-order valence-electron chi connectivity index (χ0n) is 8.18. The van der Waals surface area contributed by atoms with Crippen LogP contribution in [0.25, 0.3) is 0 Å². The van der Waals surface area contributed by atoms with Crippen molar-refractivity contribution in [3.8, 4) is 0 Å². The van der Waals surface area contributed by atoms with Crippen LogP contribution in [0.2, 0.25) is 5.02 Å². The quantitative estimate of drug-likeness (QED) is 0.735. The molecule has 0 amide bonds. The molecule has 0 aromatic heterocycles. The molecule has 1 aromatic rings. The summed E-state index contributed by atoms with van der Waals surface area (Å²) in [6.45, 7) is 0.736. The molecule has 0 aliphatic heterocycles. The fraction of sp³-hybridized carbons (Fsp3) is 0.300. The smallest absolute Gasteiger partial charge is 0.337 e. The van der Waals surface area contributed by atoms with Gasteiger partial charge in [0, 0.05) is 17.5 Å². The average Bonchev–Trinajstić information content (AvgIpc) is 2.14. The van der Waals surface area contributed by atoms with Crippen LogP contribution < -0.4 is 0 Å². The van der Waals surface area contributed by atoms with Gasteiger partial charge in [0.1, 0.15) is 0 Å². The number of benzene rings is 1. The van der Waals surface area contributed by atoms with Crippen LogP contribution in [-0.4, -0.2) is 13.1 Å². The molecule has 0 radical (unpaired) electrons. The third-order valence-electron chi connectivity index (χ3n) is 1.83. The summed E-state index contributed by atoms with van der Waals surface area (Å²) in [7, 11) is 1.17. The van der Waals surface area contributed by atoms with Crippen LogP contribution in [-0.2, 0) is 10.7 Å². The third kappa shape index (κ3) is 2.89. The number of ether oxygens (including phenoxy) is 1. The summed E-state index contributed by atoms with van der Waals surface area (Å²) < 4.78 is 30.4. The molecule has 0 N–H and O–H groups in total. The number of hydrogen-bond donors (Lipinski definition) is 0. The highest BCUT2D eigenvalue weighted by Gasteiger charge is 2.26. The van der Waals surface area contributed by atoms with E-state index in [1.54, 1.807) is 0 Å². The maximum Gasteiger partial charge on any atom is 0.337 e. The molecule has 0 atom stereocenters. The Hall–Kier alpha value is -1.16. The lowest BCUT2D eigenvalue weighted by molar-refractivity contribution is 0.0174. The standard InChI is InChI=1S/C10H9ClF2O2/c1-10(12,13)7-3-6(9(14)15-2)4-8(11)5-7/h3-5H,1-2H3. The van der Waals surface area contributed by atoms with E-state index in [9.17, 15) is 13.6 Å². The van der Waals surface area contributed by atoms with Crippen molar-refractivity contribution in [3.63, 3.8) is 0 Å². The van der Waals surface area contributed by atoms with Crippen LogP contribution in [0.4, 0.5) is 8.78 Å². The molecule has 82 valence electrons. The Bertz CT molecular complexity index is 385. The average molecular weight is 235 g/mol. The Labute approximate surface area is 90.8 Å². The number of rotatable bonds is 2. The van der Waals surface area contributed by atoms with Gasteiger partial charge in [0.05, 0.1) is 12.7 Å². The Morgan fingerprint density at radius 1 is 1.40 bits per heavy atom. The van der Waals surface area contributed by atoms with Crippen molar-refractivity contribution in [1.82, 2.24) is 0 Å². The van der Waals surface area contributed by atoms with E-state index in [1.807, 2.05) is 0 Å². The fourth-order valence-electron chi connectivity index (χ4n) is 1.08. The zero-order chi connectivity index (χ0) is 11.6. The van der Waals surface area contributed by atoms with Crippen LogP contribution in [0.1, 0.15) is 22.8 Å². The summed E-state index contributed by atoms with van der Waals surface area (Å²) in [4.78, 5) is 11.1. The predicted molar refractivity (Wildman–Crippen MR) is 52.4 cm³/mol. The fourth-order valence-corrected chi connectivity index (χ4v) is 1.31. The van der Waals surface area contributed by atoms with Gasteiger partial charge in [0.2, 0.25) is 0 Å². The van der Waals surface area contributed by atoms with Crippen LogP contribution >= 0.6 is 11.6 Å². The molecular weight excluding hydrogens is 226 g/mol. The van der Waals surface area contributed by atoms with Gasteiger partial charge in [-0.25, -0.2) is 13.6 Å². The summed E-state index contributed by atoms with van der Waals surface area (Å²) in [6, 6.07) is 3.47. The van der Waals surface area contributed by atoms with Crippen LogP contribution in [0.3, 0.4) is 0 Å². The van der Waals surface area contributed by atoms with Crippen molar-refractivity contribution in [3.05, 3.63) is 34.3 Å². The lowest BCUT2D eigenvalue weighted by atomic mass is 10.1. The van der Waals surface area contributed by atoms with Gasteiger partial charge in [0.15, 0.2) is 0 Å². The van der Waals surface area contributed by atoms with E-state index in [-0.39, 0.29) is 16.1 Å². The molecule has 0 heterocycles. The van der Waals surface area contributed by atoms with E-state index in [1.165, 1.54) is 13.2 Å². The van der Waals surface area contributed by atoms with E-state index in [4.69, 9.17) is 11.6 Å². The Morgan fingerprint density at radius 2 is 2.00 bits per heavy atom. The molecule has 0 saturated carbocycles. The van der Waals surface area contributed by atoms with E-state index < -0.39 is 11.9 Å². The van der Waals surface area contributed by atoms with Gasteiger partial charge < -0.3 is 4.74 Å². The molecule has 1 aromatic carbocycles. The monoisotopic (exact) mass is 234 g/mol. The van der Waals surface area contributed by atoms with Gasteiger partial charge in [-0.05, 0) is 18.2 Å². The number of alkyl halides is 2. The highest BCUT2D eigenvalue weighted by Crippen LogP contribution is 2.30. The molecule has 1 rings (SSSR count). The van der Waals surface area contributed by atoms with Gasteiger partial charge in [-0.3, -0.25) is 0 Å². The van der Waals surface area contributed by atoms with Crippen LogP contribution in [0, 0.1) is 0 Å². The van der Waals surface area contributed by atoms with Crippen molar-refractivity contribution in [2.45, 2.75) is 12.8 Å². The van der Waals surface area contributed by atoms with Crippen molar-refractivity contribution in [1.29, 1.82) is 0 Å². The van der Waals surface area contributed by atoms with Gasteiger partial charge >= 0.3 is 5.97 Å². The molecule has 0 fully saturated rings. The summed E-state index contributed by atoms with van der Waals surface area (Å²) in [6.07, 6.45) is 0.